The molecule has 0 saturated carbocycles. The summed E-state index contributed by atoms with van der Waals surface area (Å²) in [5, 5.41) is 5.50. The first-order valence-corrected chi connectivity index (χ1v) is 14.4. The number of nitrogens with zero attached hydrogens (tertiary/aromatic N) is 1. The highest BCUT2D eigenvalue weighted by Crippen LogP contribution is 2.34. The predicted octanol–water partition coefficient (Wildman–Crippen LogP) is 5.45. The molecule has 1 saturated heterocycles. The summed E-state index contributed by atoms with van der Waals surface area (Å²) in [7, 11) is 3.09. The molecule has 3 aromatic rings. The molecule has 1 aliphatic rings. The van der Waals surface area contributed by atoms with Gasteiger partial charge in [0.25, 0.3) is 5.91 Å². The Hall–Kier alpha value is -3.66. The maximum Gasteiger partial charge on any atom is 0.269 e. The SMILES string of the molecule is COc1cccc(CN(NC(=O)c2ccc(OCCOc3c(Cl)cc(C)cc3Cl)cc2)C(=O)C2CCCNC2)c1OC. The van der Waals surface area contributed by atoms with E-state index in [4.69, 9.17) is 42.1 Å². The number of hydrazine groups is 1. The number of carbonyl (C=O) groups is 2. The molecule has 0 radical (unpaired) electrons. The third-order valence-corrected chi connectivity index (χ3v) is 7.38. The van der Waals surface area contributed by atoms with E-state index in [-0.39, 0.29) is 31.6 Å². The van der Waals surface area contributed by atoms with E-state index in [9.17, 15) is 9.59 Å². The molecule has 4 rings (SSSR count). The molecule has 1 atom stereocenters. The van der Waals surface area contributed by atoms with Crippen molar-refractivity contribution in [3.63, 3.8) is 0 Å². The van der Waals surface area contributed by atoms with E-state index in [0.717, 1.165) is 24.9 Å². The van der Waals surface area contributed by atoms with E-state index in [1.807, 2.05) is 19.1 Å². The van der Waals surface area contributed by atoms with Crippen LogP contribution in [0.2, 0.25) is 10.0 Å². The van der Waals surface area contributed by atoms with Gasteiger partial charge in [-0.3, -0.25) is 15.0 Å². The standard InChI is InChI=1S/C31H35Cl2N3O6/c1-20-16-25(32)29(26(33)17-20)42-15-14-41-24-11-9-21(10-12-24)30(37)35-36(31(38)22-7-5-13-34-18-22)19-23-6-4-8-27(39-2)28(23)40-3/h4,6,8-12,16-17,22,34H,5,7,13-15,18-19H2,1-3H3,(H,35,37). The summed E-state index contributed by atoms with van der Waals surface area (Å²) in [6.45, 7) is 3.90. The molecule has 2 amide bonds. The van der Waals surface area contributed by atoms with Gasteiger partial charge in [-0.05, 0) is 74.3 Å². The molecule has 0 aromatic heterocycles. The second kappa shape index (κ2) is 15.0. The molecule has 1 aliphatic heterocycles. The maximum absolute atomic E-state index is 13.5. The summed E-state index contributed by atoms with van der Waals surface area (Å²) >= 11 is 12.4. The highest BCUT2D eigenvalue weighted by atomic mass is 35.5. The van der Waals surface area contributed by atoms with Crippen molar-refractivity contribution in [2.45, 2.75) is 26.3 Å². The summed E-state index contributed by atoms with van der Waals surface area (Å²) in [5.41, 5.74) is 4.82. The van der Waals surface area contributed by atoms with Gasteiger partial charge in [0.05, 0.1) is 36.7 Å². The molecule has 9 nitrogen and oxygen atoms in total. The molecule has 224 valence electrons. The van der Waals surface area contributed by atoms with E-state index in [1.165, 1.54) is 5.01 Å². The number of aryl methyl sites for hydroxylation is 1. The van der Waals surface area contributed by atoms with Crippen molar-refractivity contribution in [1.82, 2.24) is 15.8 Å². The van der Waals surface area contributed by atoms with Gasteiger partial charge >= 0.3 is 0 Å². The Morgan fingerprint density at radius 3 is 2.33 bits per heavy atom. The van der Waals surface area contributed by atoms with Gasteiger partial charge in [-0.2, -0.15) is 0 Å². The summed E-state index contributed by atoms with van der Waals surface area (Å²) in [4.78, 5) is 26.8. The fourth-order valence-electron chi connectivity index (χ4n) is 4.72. The first kappa shape index (κ1) is 31.3. The molecule has 11 heteroatoms. The fourth-order valence-corrected chi connectivity index (χ4v) is 5.43. The first-order valence-electron chi connectivity index (χ1n) is 13.6. The Morgan fingerprint density at radius 2 is 1.69 bits per heavy atom. The van der Waals surface area contributed by atoms with Crippen molar-refractivity contribution >= 4 is 35.0 Å². The topological polar surface area (TPSA) is 98.4 Å². The van der Waals surface area contributed by atoms with Crippen LogP contribution in [-0.4, -0.2) is 57.3 Å². The molecule has 3 aromatic carbocycles. The molecule has 1 unspecified atom stereocenters. The van der Waals surface area contributed by atoms with Crippen LogP contribution in [0.25, 0.3) is 0 Å². The molecular weight excluding hydrogens is 581 g/mol. The Bertz CT molecular complexity index is 1360. The molecule has 0 aliphatic carbocycles. The number of halogens is 2. The molecule has 2 N–H and O–H groups in total. The minimum Gasteiger partial charge on any atom is -0.493 e. The van der Waals surface area contributed by atoms with Gasteiger partial charge in [-0.15, -0.1) is 0 Å². The van der Waals surface area contributed by atoms with Crippen LogP contribution in [0.5, 0.6) is 23.0 Å². The highest BCUT2D eigenvalue weighted by Gasteiger charge is 2.28. The van der Waals surface area contributed by atoms with Crippen molar-refractivity contribution in [3.8, 4) is 23.0 Å². The van der Waals surface area contributed by atoms with E-state index in [0.29, 0.717) is 50.7 Å². The summed E-state index contributed by atoms with van der Waals surface area (Å²) in [5.74, 6) is 1.16. The Morgan fingerprint density at radius 1 is 0.976 bits per heavy atom. The molecule has 0 bridgehead atoms. The van der Waals surface area contributed by atoms with E-state index in [1.54, 1.807) is 56.7 Å². The average molecular weight is 617 g/mol. The third-order valence-electron chi connectivity index (χ3n) is 6.82. The van der Waals surface area contributed by atoms with Crippen LogP contribution in [0.3, 0.4) is 0 Å². The van der Waals surface area contributed by atoms with Crippen molar-refractivity contribution in [2.75, 3.05) is 40.5 Å². The number of hydrogen-bond donors (Lipinski definition) is 2. The lowest BCUT2D eigenvalue weighted by atomic mass is 9.98. The predicted molar refractivity (Wildman–Crippen MR) is 162 cm³/mol. The number of methoxy groups -OCH3 is 2. The van der Waals surface area contributed by atoms with E-state index < -0.39 is 5.91 Å². The lowest BCUT2D eigenvalue weighted by molar-refractivity contribution is -0.139. The van der Waals surface area contributed by atoms with Crippen molar-refractivity contribution < 1.29 is 28.5 Å². The van der Waals surface area contributed by atoms with Crippen molar-refractivity contribution in [2.24, 2.45) is 5.92 Å². The van der Waals surface area contributed by atoms with Gasteiger partial charge in [-0.25, -0.2) is 5.01 Å². The van der Waals surface area contributed by atoms with Gasteiger partial charge in [-0.1, -0.05) is 35.3 Å². The van der Waals surface area contributed by atoms with E-state index >= 15 is 0 Å². The smallest absolute Gasteiger partial charge is 0.269 e. The van der Waals surface area contributed by atoms with Gasteiger partial charge < -0.3 is 24.3 Å². The Balaban J connectivity index is 1.40. The van der Waals surface area contributed by atoms with Crippen LogP contribution in [0.15, 0.2) is 54.6 Å². The molecule has 1 fully saturated rings. The number of hydrogen-bond acceptors (Lipinski definition) is 7. The molecule has 42 heavy (non-hydrogen) atoms. The zero-order chi connectivity index (χ0) is 30.1. The maximum atomic E-state index is 13.5. The fraction of sp³-hybridized carbons (Fsp3) is 0.355. The number of nitrogens with one attached hydrogen (secondary N) is 2. The lowest BCUT2D eigenvalue weighted by Gasteiger charge is -2.30. The van der Waals surface area contributed by atoms with E-state index in [2.05, 4.69) is 10.7 Å². The normalized spacial score (nSPS) is 14.5. The number of rotatable bonds is 11. The monoisotopic (exact) mass is 615 g/mol. The third kappa shape index (κ3) is 8.00. The molecule has 1 heterocycles. The number of carbonyl (C=O) groups excluding carboxylic acids is 2. The molecule has 0 spiro atoms. The summed E-state index contributed by atoms with van der Waals surface area (Å²) in [6.07, 6.45) is 1.63. The lowest BCUT2D eigenvalue weighted by Crippen LogP contribution is -2.50. The van der Waals surface area contributed by atoms with Gasteiger partial charge in [0.1, 0.15) is 19.0 Å². The first-order chi connectivity index (χ1) is 20.3. The quantitative estimate of drug-likeness (QED) is 0.219. The Kier molecular flexibility index (Phi) is 11.2. The van der Waals surface area contributed by atoms with Crippen molar-refractivity contribution in [1.29, 1.82) is 0 Å². The summed E-state index contributed by atoms with van der Waals surface area (Å²) in [6, 6.07) is 15.6. The molecular formula is C31H35Cl2N3O6. The van der Waals surface area contributed by atoms with Crippen LogP contribution >= 0.6 is 23.2 Å². The van der Waals surface area contributed by atoms with Gasteiger partial charge in [0.15, 0.2) is 17.2 Å². The zero-order valence-corrected chi connectivity index (χ0v) is 25.4. The minimum absolute atomic E-state index is 0.109. The largest absolute Gasteiger partial charge is 0.493 e. The van der Waals surface area contributed by atoms with Gasteiger partial charge in [0, 0.05) is 17.7 Å². The van der Waals surface area contributed by atoms with Crippen LogP contribution in [0.1, 0.15) is 34.3 Å². The summed E-state index contributed by atoms with van der Waals surface area (Å²) < 4.78 is 22.4. The Labute approximate surface area is 255 Å². The number of ether oxygens (including phenoxy) is 4. The van der Waals surface area contributed by atoms with Crippen LogP contribution in [0.4, 0.5) is 0 Å². The number of benzene rings is 3. The van der Waals surface area contributed by atoms with Crippen molar-refractivity contribution in [3.05, 3.63) is 81.3 Å². The second-order valence-electron chi connectivity index (χ2n) is 9.84. The number of piperidine rings is 1. The number of amides is 2. The van der Waals surface area contributed by atoms with Crippen LogP contribution in [-0.2, 0) is 11.3 Å². The highest BCUT2D eigenvalue weighted by molar-refractivity contribution is 6.37. The van der Waals surface area contributed by atoms with Crippen LogP contribution < -0.4 is 29.7 Å². The number of para-hydroxylation sites is 1. The second-order valence-corrected chi connectivity index (χ2v) is 10.7. The minimum atomic E-state index is -0.424. The van der Waals surface area contributed by atoms with Crippen LogP contribution in [0, 0.1) is 12.8 Å². The van der Waals surface area contributed by atoms with Gasteiger partial charge in [0.2, 0.25) is 5.91 Å². The zero-order valence-electron chi connectivity index (χ0n) is 23.9. The average Bonchev–Trinajstić information content (AvgIpc) is 3.00.